The van der Waals surface area contributed by atoms with E-state index in [0.717, 1.165) is 29.8 Å². The predicted octanol–water partition coefficient (Wildman–Crippen LogP) is 4.61. The van der Waals surface area contributed by atoms with Crippen LogP contribution in [0.15, 0.2) is 36.5 Å². The van der Waals surface area contributed by atoms with Gasteiger partial charge in [-0.3, -0.25) is 9.69 Å². The number of carbonyl (C=O) groups excluding carboxylic acids is 1. The van der Waals surface area contributed by atoms with Gasteiger partial charge in [-0.2, -0.15) is 0 Å². The number of likely N-dealkylation sites (tertiary alicyclic amines) is 1. The maximum Gasteiger partial charge on any atom is 0.248 e. The lowest BCUT2D eigenvalue weighted by Gasteiger charge is -2.47. The van der Waals surface area contributed by atoms with Crippen LogP contribution in [0, 0.1) is 17.5 Å². The molecule has 6 rings (SSSR count). The monoisotopic (exact) mass is 469 g/mol. The summed E-state index contributed by atoms with van der Waals surface area (Å²) in [6.45, 7) is 1.81. The van der Waals surface area contributed by atoms with E-state index in [9.17, 15) is 4.79 Å². The van der Waals surface area contributed by atoms with Crippen molar-refractivity contribution in [2.75, 3.05) is 26.2 Å². The molecule has 1 aromatic heterocycles. The van der Waals surface area contributed by atoms with Crippen LogP contribution >= 0.6 is 0 Å². The number of piperidine rings is 1. The summed E-state index contributed by atoms with van der Waals surface area (Å²) in [5, 5.41) is 0.941. The Morgan fingerprint density at radius 1 is 1.06 bits per heavy atom. The van der Waals surface area contributed by atoms with E-state index in [1.165, 1.54) is 0 Å². The van der Waals surface area contributed by atoms with Crippen LogP contribution in [0.4, 0.5) is 13.2 Å². The van der Waals surface area contributed by atoms with Gasteiger partial charge in [0.2, 0.25) is 5.91 Å². The number of rotatable bonds is 4. The molecule has 0 unspecified atom stereocenters. The van der Waals surface area contributed by atoms with Crippen LogP contribution in [0.2, 0.25) is 0 Å². The van der Waals surface area contributed by atoms with Gasteiger partial charge < -0.3 is 14.6 Å². The van der Waals surface area contributed by atoms with Gasteiger partial charge in [0, 0.05) is 48.5 Å². The summed E-state index contributed by atoms with van der Waals surface area (Å²) >= 11 is 0. The molecule has 1 spiro atoms. The van der Waals surface area contributed by atoms with Gasteiger partial charge in [-0.1, -0.05) is 12.1 Å². The molecule has 0 bridgehead atoms. The third-order valence-electron chi connectivity index (χ3n) is 7.54. The van der Waals surface area contributed by atoms with Gasteiger partial charge in [0.25, 0.3) is 0 Å². The van der Waals surface area contributed by atoms with Crippen molar-refractivity contribution in [2.45, 2.75) is 43.9 Å². The molecule has 34 heavy (non-hydrogen) atoms. The first-order valence-corrected chi connectivity index (χ1v) is 11.8. The van der Waals surface area contributed by atoms with E-state index in [1.807, 2.05) is 15.9 Å². The van der Waals surface area contributed by atoms with Gasteiger partial charge in [0.1, 0.15) is 12.4 Å². The Bertz CT molecular complexity index is 1260. The van der Waals surface area contributed by atoms with Crippen molar-refractivity contribution < 1.29 is 22.7 Å². The number of morpholine rings is 1. The second kappa shape index (κ2) is 8.13. The van der Waals surface area contributed by atoms with Crippen molar-refractivity contribution in [2.24, 2.45) is 0 Å². The van der Waals surface area contributed by atoms with Gasteiger partial charge in [0.15, 0.2) is 11.6 Å². The zero-order valence-electron chi connectivity index (χ0n) is 18.8. The van der Waals surface area contributed by atoms with Crippen LogP contribution < -0.4 is 0 Å². The summed E-state index contributed by atoms with van der Waals surface area (Å²) in [6.07, 6.45) is 5.20. The largest absolute Gasteiger partial charge is 0.363 e. The Kier molecular flexibility index (Phi) is 5.18. The average Bonchev–Trinajstić information content (AvgIpc) is 3.58. The summed E-state index contributed by atoms with van der Waals surface area (Å²) in [4.78, 5) is 19.1. The average molecular weight is 470 g/mol. The van der Waals surface area contributed by atoms with Gasteiger partial charge in [0.05, 0.1) is 12.1 Å². The van der Waals surface area contributed by atoms with E-state index in [0.29, 0.717) is 44.1 Å². The molecule has 3 fully saturated rings. The molecule has 5 nitrogen and oxygen atoms in total. The van der Waals surface area contributed by atoms with Gasteiger partial charge in [-0.25, -0.2) is 13.2 Å². The summed E-state index contributed by atoms with van der Waals surface area (Å²) in [5.74, 6) is -2.88. The van der Waals surface area contributed by atoms with Crippen molar-refractivity contribution in [3.63, 3.8) is 0 Å². The maximum absolute atomic E-state index is 15.0. The first-order valence-electron chi connectivity index (χ1n) is 11.8. The Hall–Kier alpha value is -2.84. The number of aromatic nitrogens is 1. The number of amides is 1. The Morgan fingerprint density at radius 2 is 1.85 bits per heavy atom. The van der Waals surface area contributed by atoms with Crippen LogP contribution in [-0.2, 0) is 16.1 Å². The first kappa shape index (κ1) is 21.7. The highest BCUT2D eigenvalue weighted by Gasteiger charge is 2.46. The van der Waals surface area contributed by atoms with Crippen molar-refractivity contribution in [3.8, 4) is 11.1 Å². The van der Waals surface area contributed by atoms with E-state index in [-0.39, 0.29) is 30.2 Å². The number of H-pyrrole nitrogens is 1. The van der Waals surface area contributed by atoms with E-state index in [4.69, 9.17) is 4.74 Å². The highest BCUT2D eigenvalue weighted by Crippen LogP contribution is 2.37. The van der Waals surface area contributed by atoms with Crippen LogP contribution in [0.1, 0.15) is 31.2 Å². The molecule has 2 aliphatic heterocycles. The van der Waals surface area contributed by atoms with Crippen LogP contribution in [-0.4, -0.2) is 58.6 Å². The molecule has 3 aromatic rings. The van der Waals surface area contributed by atoms with Gasteiger partial charge in [-0.05, 0) is 54.8 Å². The number of halogens is 3. The Morgan fingerprint density at radius 3 is 2.62 bits per heavy atom. The zero-order chi connectivity index (χ0) is 23.4. The number of nitrogens with zero attached hydrogens (tertiary/aromatic N) is 2. The minimum atomic E-state index is -1.14. The number of hydrogen-bond acceptors (Lipinski definition) is 3. The van der Waals surface area contributed by atoms with Crippen LogP contribution in [0.5, 0.6) is 0 Å². The van der Waals surface area contributed by atoms with Crippen molar-refractivity contribution in [1.82, 2.24) is 14.8 Å². The van der Waals surface area contributed by atoms with Crippen LogP contribution in [0.3, 0.4) is 0 Å². The molecule has 2 saturated heterocycles. The molecular formula is C26H26F3N3O2. The van der Waals surface area contributed by atoms with Crippen LogP contribution in [0.25, 0.3) is 22.0 Å². The molecule has 3 aliphatic rings. The molecule has 2 aromatic carbocycles. The standard InChI is InChI=1S/C26H26F3N3O2/c27-21-12-19(17-2-1-16-5-8-30-22(16)11-17)24(28)25(29)20(21)13-31-9-6-26(7-10-31)15-32(18-3-4-18)23(33)14-34-26/h1-2,5,8,11-12,18,30H,3-4,6-7,9-10,13-15H2. The normalized spacial score (nSPS) is 21.0. The van der Waals surface area contributed by atoms with Crippen molar-refractivity contribution in [1.29, 1.82) is 0 Å². The minimum absolute atomic E-state index is 0.00806. The van der Waals surface area contributed by atoms with E-state index >= 15 is 13.2 Å². The van der Waals surface area contributed by atoms with E-state index in [2.05, 4.69) is 4.98 Å². The molecule has 0 atom stereocenters. The molecule has 1 saturated carbocycles. The first-order chi connectivity index (χ1) is 16.4. The molecule has 8 heteroatoms. The lowest BCUT2D eigenvalue weighted by Crippen LogP contribution is -2.59. The van der Waals surface area contributed by atoms with E-state index in [1.54, 1.807) is 24.4 Å². The summed E-state index contributed by atoms with van der Waals surface area (Å²) in [6, 6.07) is 8.45. The fourth-order valence-electron chi connectivity index (χ4n) is 5.31. The zero-order valence-corrected chi connectivity index (χ0v) is 18.8. The third-order valence-corrected chi connectivity index (χ3v) is 7.54. The summed E-state index contributed by atoms with van der Waals surface area (Å²) in [7, 11) is 0. The summed E-state index contributed by atoms with van der Waals surface area (Å²) < 4.78 is 51.0. The molecule has 1 aliphatic carbocycles. The molecule has 0 radical (unpaired) electrons. The third kappa shape index (κ3) is 3.79. The molecule has 3 heterocycles. The number of carbonyl (C=O) groups is 1. The van der Waals surface area contributed by atoms with E-state index < -0.39 is 23.1 Å². The number of ether oxygens (including phenoxy) is 1. The molecular weight excluding hydrogens is 443 g/mol. The minimum Gasteiger partial charge on any atom is -0.363 e. The topological polar surface area (TPSA) is 48.6 Å². The lowest BCUT2D eigenvalue weighted by molar-refractivity contribution is -0.172. The number of hydrogen-bond donors (Lipinski definition) is 1. The molecule has 1 amide bonds. The van der Waals surface area contributed by atoms with Crippen molar-refractivity contribution in [3.05, 3.63) is 59.5 Å². The second-order valence-electron chi connectivity index (χ2n) is 9.79. The van der Waals surface area contributed by atoms with Gasteiger partial charge in [-0.15, -0.1) is 0 Å². The SMILES string of the molecule is O=C1COC2(CCN(Cc3c(F)cc(-c4ccc5cc[nH]c5c4)c(F)c3F)CC2)CN1C1CC1. The smallest absolute Gasteiger partial charge is 0.248 e. The summed E-state index contributed by atoms with van der Waals surface area (Å²) in [5.41, 5.74) is 0.456. The predicted molar refractivity (Wildman–Crippen MR) is 122 cm³/mol. The maximum atomic E-state index is 15.0. The Balaban J connectivity index is 1.18. The quantitative estimate of drug-likeness (QED) is 0.568. The Labute approximate surface area is 195 Å². The number of aromatic amines is 1. The second-order valence-corrected chi connectivity index (χ2v) is 9.79. The number of fused-ring (bicyclic) bond motifs is 1. The van der Waals surface area contributed by atoms with Gasteiger partial charge >= 0.3 is 0 Å². The molecule has 1 N–H and O–H groups in total. The highest BCUT2D eigenvalue weighted by molar-refractivity contribution is 5.85. The lowest BCUT2D eigenvalue weighted by atomic mass is 9.88. The highest BCUT2D eigenvalue weighted by atomic mass is 19.2. The molecule has 178 valence electrons. The van der Waals surface area contributed by atoms with Crippen molar-refractivity contribution >= 4 is 16.8 Å². The number of nitrogens with one attached hydrogen (secondary N) is 1. The number of benzene rings is 2. The fraction of sp³-hybridized carbons (Fsp3) is 0.423. The fourth-order valence-corrected chi connectivity index (χ4v) is 5.31.